The molecule has 3 rings (SSSR count). The van der Waals surface area contributed by atoms with Crippen molar-refractivity contribution in [2.45, 2.75) is 13.5 Å². The van der Waals surface area contributed by atoms with Gasteiger partial charge < -0.3 is 14.6 Å². The number of aromatic nitrogens is 1. The fraction of sp³-hybridized carbons (Fsp3) is 0.154. The Morgan fingerprint density at radius 3 is 2.50 bits per heavy atom. The van der Waals surface area contributed by atoms with Crippen molar-refractivity contribution in [3.63, 3.8) is 0 Å². The standard InChI is InChI=1S/C23H21ClN2O3.C3H6/c1-3-16(2)15-25-22(27)20-13-17-9-10-18(24)14-21(17)26(23(20)28)11-12-29-19-7-5-4-6-8-19;1-3-2/h3-10,13-14H,1-2,11-12,15H2,(H,25,27);3H,1H2,2H3. The van der Waals surface area contributed by atoms with Crippen molar-refractivity contribution in [1.82, 2.24) is 9.88 Å². The summed E-state index contributed by atoms with van der Waals surface area (Å²) in [5.74, 6) is 0.243. The summed E-state index contributed by atoms with van der Waals surface area (Å²) in [5, 5.41) is 3.94. The van der Waals surface area contributed by atoms with Gasteiger partial charge in [-0.15, -0.1) is 6.58 Å². The highest BCUT2D eigenvalue weighted by atomic mass is 35.5. The van der Waals surface area contributed by atoms with Gasteiger partial charge in [0.25, 0.3) is 11.5 Å². The van der Waals surface area contributed by atoms with Crippen molar-refractivity contribution in [3.05, 3.63) is 113 Å². The number of para-hydroxylation sites is 1. The molecule has 0 saturated carbocycles. The molecule has 0 aliphatic heterocycles. The van der Waals surface area contributed by atoms with E-state index < -0.39 is 11.5 Å². The summed E-state index contributed by atoms with van der Waals surface area (Å²) in [5.41, 5.74) is 0.947. The molecule has 1 amide bonds. The molecule has 0 atom stereocenters. The molecule has 0 bridgehead atoms. The average molecular weight is 451 g/mol. The van der Waals surface area contributed by atoms with Gasteiger partial charge in [-0.05, 0) is 48.2 Å². The summed E-state index contributed by atoms with van der Waals surface area (Å²) in [6, 6.07) is 16.1. The molecule has 0 unspecified atom stereocenters. The molecule has 1 aromatic heterocycles. The Labute approximate surface area is 193 Å². The predicted octanol–water partition coefficient (Wildman–Crippen LogP) is 5.40. The summed E-state index contributed by atoms with van der Waals surface area (Å²) < 4.78 is 7.24. The van der Waals surface area contributed by atoms with Gasteiger partial charge in [0.2, 0.25) is 0 Å². The van der Waals surface area contributed by atoms with Crippen LogP contribution in [0, 0.1) is 0 Å². The topological polar surface area (TPSA) is 60.3 Å². The van der Waals surface area contributed by atoms with Crippen molar-refractivity contribution < 1.29 is 9.53 Å². The van der Waals surface area contributed by atoms with Crippen LogP contribution in [0.2, 0.25) is 5.02 Å². The Kier molecular flexibility index (Phi) is 9.51. The normalized spacial score (nSPS) is 9.94. The van der Waals surface area contributed by atoms with E-state index in [1.54, 1.807) is 36.4 Å². The second-order valence-electron chi connectivity index (χ2n) is 6.83. The van der Waals surface area contributed by atoms with E-state index in [1.807, 2.05) is 37.3 Å². The van der Waals surface area contributed by atoms with Crippen LogP contribution in [0.4, 0.5) is 0 Å². The quantitative estimate of drug-likeness (QED) is 0.369. The van der Waals surface area contributed by atoms with Crippen molar-refractivity contribution in [3.8, 4) is 5.75 Å². The largest absolute Gasteiger partial charge is 0.492 e. The SMILES string of the molecule is C=CC.C=CC(=C)CNC(=O)c1cc2ccc(Cl)cc2n(CCOc2ccccc2)c1=O. The number of benzene rings is 2. The lowest BCUT2D eigenvalue weighted by molar-refractivity contribution is 0.0955. The Balaban J connectivity index is 0.00000114. The number of carbonyl (C=O) groups is 1. The fourth-order valence-electron chi connectivity index (χ4n) is 2.86. The molecule has 32 heavy (non-hydrogen) atoms. The third-order valence-electron chi connectivity index (χ3n) is 4.39. The van der Waals surface area contributed by atoms with Crippen LogP contribution in [0.3, 0.4) is 0 Å². The first-order valence-corrected chi connectivity index (χ1v) is 10.5. The molecular formula is C26H27ClN2O3. The number of nitrogens with one attached hydrogen (secondary N) is 1. The molecule has 0 saturated heterocycles. The van der Waals surface area contributed by atoms with E-state index in [2.05, 4.69) is 25.1 Å². The van der Waals surface area contributed by atoms with E-state index in [0.717, 1.165) is 5.39 Å². The zero-order valence-electron chi connectivity index (χ0n) is 18.1. The minimum Gasteiger partial charge on any atom is -0.492 e. The van der Waals surface area contributed by atoms with Crippen LogP contribution < -0.4 is 15.6 Å². The number of hydrogen-bond acceptors (Lipinski definition) is 3. The van der Waals surface area contributed by atoms with E-state index in [-0.39, 0.29) is 25.3 Å². The van der Waals surface area contributed by atoms with Crippen LogP contribution in [-0.2, 0) is 6.54 Å². The zero-order valence-corrected chi connectivity index (χ0v) is 18.9. The van der Waals surface area contributed by atoms with Crippen LogP contribution in [0.25, 0.3) is 10.9 Å². The number of nitrogens with zero attached hydrogens (tertiary/aromatic N) is 1. The van der Waals surface area contributed by atoms with Gasteiger partial charge in [-0.2, -0.15) is 0 Å². The van der Waals surface area contributed by atoms with Crippen LogP contribution in [0.5, 0.6) is 5.75 Å². The molecule has 3 aromatic rings. The van der Waals surface area contributed by atoms with Crippen LogP contribution in [-0.4, -0.2) is 23.6 Å². The number of ether oxygens (including phenoxy) is 1. The molecule has 2 aromatic carbocycles. The summed E-state index contributed by atoms with van der Waals surface area (Å²) in [6.07, 6.45) is 3.31. The lowest BCUT2D eigenvalue weighted by Gasteiger charge is -2.14. The maximum Gasteiger partial charge on any atom is 0.264 e. The molecule has 166 valence electrons. The van der Waals surface area contributed by atoms with Gasteiger partial charge in [0.15, 0.2) is 0 Å². The maximum atomic E-state index is 13.1. The van der Waals surface area contributed by atoms with Gasteiger partial charge in [0.05, 0.1) is 12.1 Å². The molecular weight excluding hydrogens is 424 g/mol. The van der Waals surface area contributed by atoms with E-state index in [0.29, 0.717) is 21.9 Å². The van der Waals surface area contributed by atoms with Gasteiger partial charge in [0.1, 0.15) is 17.9 Å². The van der Waals surface area contributed by atoms with E-state index in [4.69, 9.17) is 16.3 Å². The molecule has 0 aliphatic rings. The Morgan fingerprint density at radius 1 is 1.16 bits per heavy atom. The fourth-order valence-corrected chi connectivity index (χ4v) is 3.03. The summed E-state index contributed by atoms with van der Waals surface area (Å²) in [4.78, 5) is 25.6. The number of allylic oxidation sites excluding steroid dienone is 1. The van der Waals surface area contributed by atoms with Crippen LogP contribution in [0.1, 0.15) is 17.3 Å². The zero-order chi connectivity index (χ0) is 23.5. The molecule has 0 spiro atoms. The maximum absolute atomic E-state index is 13.1. The molecule has 0 aliphatic carbocycles. The second kappa shape index (κ2) is 12.3. The molecule has 1 N–H and O–H groups in total. The van der Waals surface area contributed by atoms with E-state index >= 15 is 0 Å². The summed E-state index contributed by atoms with van der Waals surface area (Å²) >= 11 is 6.13. The lowest BCUT2D eigenvalue weighted by Crippen LogP contribution is -2.34. The highest BCUT2D eigenvalue weighted by Gasteiger charge is 2.16. The molecule has 6 heteroatoms. The van der Waals surface area contributed by atoms with Crippen molar-refractivity contribution >= 4 is 28.4 Å². The predicted molar refractivity (Wildman–Crippen MR) is 133 cm³/mol. The number of carbonyl (C=O) groups excluding carboxylic acids is 1. The molecule has 0 radical (unpaired) electrons. The second-order valence-corrected chi connectivity index (χ2v) is 7.27. The van der Waals surface area contributed by atoms with Gasteiger partial charge in [-0.25, -0.2) is 0 Å². The Morgan fingerprint density at radius 2 is 1.84 bits per heavy atom. The number of amides is 1. The van der Waals surface area contributed by atoms with Gasteiger partial charge >= 0.3 is 0 Å². The first kappa shape index (κ1) is 24.7. The first-order chi connectivity index (χ1) is 15.4. The third-order valence-corrected chi connectivity index (χ3v) is 4.63. The molecule has 0 fully saturated rings. The highest BCUT2D eigenvalue weighted by Crippen LogP contribution is 2.19. The number of rotatable bonds is 8. The average Bonchev–Trinajstić information content (AvgIpc) is 2.79. The number of halogens is 1. The number of hydrogen-bond donors (Lipinski definition) is 1. The minimum absolute atomic E-state index is 0.0522. The smallest absolute Gasteiger partial charge is 0.264 e. The van der Waals surface area contributed by atoms with Gasteiger partial charge in [0, 0.05) is 11.6 Å². The van der Waals surface area contributed by atoms with Crippen LogP contribution >= 0.6 is 11.6 Å². The molecule has 5 nitrogen and oxygen atoms in total. The number of fused-ring (bicyclic) bond motifs is 1. The van der Waals surface area contributed by atoms with Crippen molar-refractivity contribution in [2.75, 3.05) is 13.2 Å². The summed E-state index contributed by atoms with van der Waals surface area (Å²) in [6.45, 7) is 13.4. The summed E-state index contributed by atoms with van der Waals surface area (Å²) in [7, 11) is 0. The first-order valence-electron chi connectivity index (χ1n) is 10.1. The Hall–Kier alpha value is -3.57. The third kappa shape index (κ3) is 6.72. The van der Waals surface area contributed by atoms with Crippen LogP contribution in [0.15, 0.2) is 96.9 Å². The highest BCUT2D eigenvalue weighted by molar-refractivity contribution is 6.31. The van der Waals surface area contributed by atoms with E-state index in [9.17, 15) is 9.59 Å². The molecule has 1 heterocycles. The van der Waals surface area contributed by atoms with Crippen molar-refractivity contribution in [1.29, 1.82) is 0 Å². The van der Waals surface area contributed by atoms with Crippen molar-refractivity contribution in [2.24, 2.45) is 0 Å². The lowest BCUT2D eigenvalue weighted by atomic mass is 10.1. The van der Waals surface area contributed by atoms with Gasteiger partial charge in [-0.1, -0.05) is 61.2 Å². The van der Waals surface area contributed by atoms with Gasteiger partial charge in [-0.3, -0.25) is 9.59 Å². The Bertz CT molecular complexity index is 1170. The number of pyridine rings is 1. The van der Waals surface area contributed by atoms with E-state index in [1.165, 1.54) is 4.57 Å². The monoisotopic (exact) mass is 450 g/mol. The minimum atomic E-state index is -0.465.